The van der Waals surface area contributed by atoms with Crippen molar-refractivity contribution in [2.24, 2.45) is 11.5 Å². The summed E-state index contributed by atoms with van der Waals surface area (Å²) in [7, 11) is 0. The van der Waals surface area contributed by atoms with Gasteiger partial charge in [-0.2, -0.15) is 0 Å². The fourth-order valence-corrected chi connectivity index (χ4v) is 1.25. The number of primary amides is 1. The summed E-state index contributed by atoms with van der Waals surface area (Å²) >= 11 is 0. The van der Waals surface area contributed by atoms with Gasteiger partial charge in [-0.25, -0.2) is 4.79 Å². The second kappa shape index (κ2) is 8.10. The number of hydrogen-bond donors (Lipinski definition) is 5. The van der Waals surface area contributed by atoms with Gasteiger partial charge in [0.25, 0.3) is 0 Å². The molecule has 0 aliphatic carbocycles. The molecule has 0 spiro atoms. The molecule has 0 aromatic rings. The normalized spacial score (nSPS) is 14.8. The summed E-state index contributed by atoms with van der Waals surface area (Å²) in [5.41, 5.74) is 10.2. The summed E-state index contributed by atoms with van der Waals surface area (Å²) in [5.74, 6) is -3.17. The van der Waals surface area contributed by atoms with Crippen LogP contribution in [-0.2, 0) is 19.2 Å². The van der Waals surface area contributed by atoms with Crippen molar-refractivity contribution >= 4 is 23.7 Å². The van der Waals surface area contributed by atoms with E-state index in [0.717, 1.165) is 0 Å². The first kappa shape index (κ1) is 17.8. The van der Waals surface area contributed by atoms with E-state index < -0.39 is 41.8 Å². The highest BCUT2D eigenvalue weighted by Crippen LogP contribution is 1.98. The van der Waals surface area contributed by atoms with Gasteiger partial charge in [0.1, 0.15) is 12.1 Å². The number of carboxylic acid groups (broad SMARTS) is 1. The molecule has 114 valence electrons. The maximum absolute atomic E-state index is 11.7. The van der Waals surface area contributed by atoms with Crippen LogP contribution in [0.25, 0.3) is 0 Å². The molecule has 20 heavy (non-hydrogen) atoms. The molecule has 0 radical (unpaired) electrons. The van der Waals surface area contributed by atoms with Gasteiger partial charge in [-0.15, -0.1) is 0 Å². The van der Waals surface area contributed by atoms with Gasteiger partial charge in [0.2, 0.25) is 17.7 Å². The fraction of sp³-hybridized carbons (Fsp3) is 0.636. The highest BCUT2D eigenvalue weighted by Gasteiger charge is 2.24. The molecular weight excluding hydrogens is 268 g/mol. The lowest BCUT2D eigenvalue weighted by molar-refractivity contribution is -0.142. The lowest BCUT2D eigenvalue weighted by atomic mass is 10.1. The van der Waals surface area contributed by atoms with Gasteiger partial charge in [-0.05, 0) is 20.3 Å². The Morgan fingerprint density at radius 3 is 2.05 bits per heavy atom. The van der Waals surface area contributed by atoms with Crippen LogP contribution in [0.3, 0.4) is 0 Å². The van der Waals surface area contributed by atoms with Crippen molar-refractivity contribution < 1.29 is 24.3 Å². The van der Waals surface area contributed by atoms with Crippen LogP contribution in [0.5, 0.6) is 0 Å². The molecule has 0 aliphatic heterocycles. The molecular formula is C11H20N4O5. The van der Waals surface area contributed by atoms with Gasteiger partial charge < -0.3 is 27.2 Å². The Bertz CT molecular complexity index is 396. The quantitative estimate of drug-likeness (QED) is 0.336. The van der Waals surface area contributed by atoms with Crippen LogP contribution >= 0.6 is 0 Å². The van der Waals surface area contributed by atoms with Crippen molar-refractivity contribution in [2.45, 2.75) is 44.8 Å². The Labute approximate surface area is 116 Å². The van der Waals surface area contributed by atoms with E-state index in [1.165, 1.54) is 13.8 Å². The molecule has 0 unspecified atom stereocenters. The Morgan fingerprint density at radius 1 is 1.10 bits per heavy atom. The van der Waals surface area contributed by atoms with Crippen molar-refractivity contribution in [3.8, 4) is 0 Å². The minimum Gasteiger partial charge on any atom is -0.480 e. The minimum atomic E-state index is -1.29. The Balaban J connectivity index is 4.48. The predicted octanol–water partition coefficient (Wildman–Crippen LogP) is -2.33. The van der Waals surface area contributed by atoms with Gasteiger partial charge in [0, 0.05) is 6.42 Å². The highest BCUT2D eigenvalue weighted by atomic mass is 16.4. The molecule has 9 nitrogen and oxygen atoms in total. The summed E-state index contributed by atoms with van der Waals surface area (Å²) in [5, 5.41) is 13.5. The van der Waals surface area contributed by atoms with Crippen molar-refractivity contribution in [2.75, 3.05) is 0 Å². The third-order valence-corrected chi connectivity index (χ3v) is 2.46. The van der Waals surface area contributed by atoms with E-state index in [0.29, 0.717) is 0 Å². The second-order valence-electron chi connectivity index (χ2n) is 4.42. The lowest BCUT2D eigenvalue weighted by Crippen LogP contribution is -2.52. The SMILES string of the molecule is C[C@H](N)C(=O)N[C@H](C)C(=O)N[C@@H](CCC(N)=O)C(=O)O. The zero-order valence-electron chi connectivity index (χ0n) is 11.4. The van der Waals surface area contributed by atoms with Gasteiger partial charge in [-0.1, -0.05) is 0 Å². The van der Waals surface area contributed by atoms with Crippen LogP contribution in [0.1, 0.15) is 26.7 Å². The first-order valence-corrected chi connectivity index (χ1v) is 6.02. The number of carbonyl (C=O) groups is 4. The molecule has 0 fully saturated rings. The largest absolute Gasteiger partial charge is 0.480 e. The Morgan fingerprint density at radius 2 is 1.65 bits per heavy atom. The molecule has 7 N–H and O–H groups in total. The number of hydrogen-bond acceptors (Lipinski definition) is 5. The van der Waals surface area contributed by atoms with E-state index in [9.17, 15) is 19.2 Å². The molecule has 0 aliphatic rings. The minimum absolute atomic E-state index is 0.121. The van der Waals surface area contributed by atoms with Crippen molar-refractivity contribution in [3.05, 3.63) is 0 Å². The van der Waals surface area contributed by atoms with Crippen LogP contribution in [0.4, 0.5) is 0 Å². The first-order valence-electron chi connectivity index (χ1n) is 6.02. The monoisotopic (exact) mass is 288 g/mol. The van der Waals surface area contributed by atoms with E-state index in [2.05, 4.69) is 10.6 Å². The average molecular weight is 288 g/mol. The number of carbonyl (C=O) groups excluding carboxylic acids is 3. The van der Waals surface area contributed by atoms with Crippen molar-refractivity contribution in [1.82, 2.24) is 10.6 Å². The number of nitrogens with one attached hydrogen (secondary N) is 2. The summed E-state index contributed by atoms with van der Waals surface area (Å²) < 4.78 is 0. The first-order chi connectivity index (χ1) is 9.15. The van der Waals surface area contributed by atoms with Gasteiger partial charge >= 0.3 is 5.97 Å². The second-order valence-corrected chi connectivity index (χ2v) is 4.42. The summed E-state index contributed by atoms with van der Waals surface area (Å²) in [6, 6.07) is -2.97. The van der Waals surface area contributed by atoms with Gasteiger partial charge in [-0.3, -0.25) is 14.4 Å². The topological polar surface area (TPSA) is 165 Å². The number of aliphatic carboxylic acids is 1. The summed E-state index contributed by atoms with van der Waals surface area (Å²) in [4.78, 5) is 44.6. The Kier molecular flexibility index (Phi) is 7.22. The summed E-state index contributed by atoms with van der Waals surface area (Å²) in [6.07, 6.45) is -0.289. The Hall–Kier alpha value is -2.16. The molecule has 9 heteroatoms. The number of amides is 3. The van der Waals surface area contributed by atoms with Gasteiger partial charge in [0.15, 0.2) is 0 Å². The average Bonchev–Trinajstić information content (AvgIpc) is 2.32. The lowest BCUT2D eigenvalue weighted by Gasteiger charge is -2.19. The molecule has 0 aromatic carbocycles. The van der Waals surface area contributed by atoms with Crippen LogP contribution < -0.4 is 22.1 Å². The van der Waals surface area contributed by atoms with E-state index in [-0.39, 0.29) is 12.8 Å². The number of carboxylic acids is 1. The van der Waals surface area contributed by atoms with E-state index >= 15 is 0 Å². The third kappa shape index (κ3) is 6.69. The maximum Gasteiger partial charge on any atom is 0.326 e. The molecule has 0 saturated carbocycles. The van der Waals surface area contributed by atoms with Crippen LogP contribution in [-0.4, -0.2) is 46.9 Å². The number of nitrogens with two attached hydrogens (primary N) is 2. The smallest absolute Gasteiger partial charge is 0.326 e. The highest BCUT2D eigenvalue weighted by molar-refractivity contribution is 5.91. The molecule has 0 rings (SSSR count). The molecule has 3 amide bonds. The van der Waals surface area contributed by atoms with E-state index in [4.69, 9.17) is 16.6 Å². The standard InChI is InChI=1S/C11H20N4O5/c1-5(12)9(17)14-6(2)10(18)15-7(11(19)20)3-4-8(13)16/h5-7H,3-4,12H2,1-2H3,(H2,13,16)(H,14,17)(H,15,18)(H,19,20)/t5-,6+,7-/m0/s1. The molecule has 0 heterocycles. The molecule has 0 aromatic heterocycles. The fourth-order valence-electron chi connectivity index (χ4n) is 1.25. The van der Waals surface area contributed by atoms with Crippen LogP contribution in [0, 0.1) is 0 Å². The maximum atomic E-state index is 11.7. The predicted molar refractivity (Wildman–Crippen MR) is 69.2 cm³/mol. The van der Waals surface area contributed by atoms with E-state index in [1.807, 2.05) is 0 Å². The zero-order valence-corrected chi connectivity index (χ0v) is 11.4. The zero-order chi connectivity index (χ0) is 15.9. The molecule has 0 bridgehead atoms. The molecule has 3 atom stereocenters. The van der Waals surface area contributed by atoms with E-state index in [1.54, 1.807) is 0 Å². The third-order valence-electron chi connectivity index (χ3n) is 2.46. The summed E-state index contributed by atoms with van der Waals surface area (Å²) in [6.45, 7) is 2.84. The van der Waals surface area contributed by atoms with Crippen LogP contribution in [0.15, 0.2) is 0 Å². The van der Waals surface area contributed by atoms with Crippen molar-refractivity contribution in [1.29, 1.82) is 0 Å². The number of rotatable bonds is 8. The van der Waals surface area contributed by atoms with Crippen molar-refractivity contribution in [3.63, 3.8) is 0 Å². The van der Waals surface area contributed by atoms with Crippen LogP contribution in [0.2, 0.25) is 0 Å². The molecule has 0 saturated heterocycles. The van der Waals surface area contributed by atoms with Gasteiger partial charge in [0.05, 0.1) is 6.04 Å².